The zero-order chi connectivity index (χ0) is 27.5. The molecule has 3 aromatic carbocycles. The summed E-state index contributed by atoms with van der Waals surface area (Å²) in [6, 6.07) is 16.3. The summed E-state index contributed by atoms with van der Waals surface area (Å²) in [4.78, 5) is 0. The summed E-state index contributed by atoms with van der Waals surface area (Å²) >= 11 is 0. The summed E-state index contributed by atoms with van der Waals surface area (Å²) in [5, 5.41) is 3.20. The molecular weight excluding hydrogens is 507 g/mol. The number of nitrogens with one attached hydrogen (secondary N) is 1. The highest BCUT2D eigenvalue weighted by Crippen LogP contribution is 2.39. The maximum Gasteiger partial charge on any atom is 0.573 e. The Morgan fingerprint density at radius 1 is 0.725 bits per heavy atom. The molecule has 0 unspecified atom stereocenters. The van der Waals surface area contributed by atoms with Crippen LogP contribution in [0.2, 0.25) is 0 Å². The van der Waals surface area contributed by atoms with E-state index < -0.39 is 6.36 Å². The number of ether oxygens (including phenoxy) is 1. The Labute approximate surface area is 232 Å². The van der Waals surface area contributed by atoms with Gasteiger partial charge < -0.3 is 10.1 Å². The minimum Gasteiger partial charge on any atom is -0.406 e. The monoisotopic (exact) mass is 535 g/mol. The van der Waals surface area contributed by atoms with Crippen LogP contribution in [-0.4, -0.2) is 6.36 Å². The summed E-state index contributed by atoms with van der Waals surface area (Å²) < 4.78 is 40.9. The zero-order valence-corrected chi connectivity index (χ0v) is 21.9. The Bertz CT molecular complexity index is 1630. The van der Waals surface area contributed by atoms with Gasteiger partial charge in [0.05, 0.1) is 0 Å². The predicted octanol–water partition coefficient (Wildman–Crippen LogP) is 8.42. The quantitative estimate of drug-likeness (QED) is 0.316. The van der Waals surface area contributed by atoms with Gasteiger partial charge in [-0.1, -0.05) is 54.3 Å². The molecule has 0 saturated carbocycles. The fraction of sp³-hybridized carbons (Fsp3) is 0.200. The van der Waals surface area contributed by atoms with Crippen LogP contribution in [-0.2, 0) is 19.3 Å². The van der Waals surface area contributed by atoms with Crippen molar-refractivity contribution in [1.82, 2.24) is 5.32 Å². The second-order valence-electron chi connectivity index (χ2n) is 10.2. The third kappa shape index (κ3) is 5.77. The first-order valence-corrected chi connectivity index (χ1v) is 13.6. The van der Waals surface area contributed by atoms with Crippen molar-refractivity contribution in [3.8, 4) is 28.7 Å². The van der Waals surface area contributed by atoms with E-state index in [1.54, 1.807) is 12.1 Å². The van der Waals surface area contributed by atoms with Gasteiger partial charge in [-0.25, -0.2) is 0 Å². The number of hydrogen-bond donors (Lipinski definition) is 1. The molecule has 200 valence electrons. The van der Waals surface area contributed by atoms with Gasteiger partial charge in [-0.15, -0.1) is 13.2 Å². The summed E-state index contributed by atoms with van der Waals surface area (Å²) in [6.45, 7) is 0. The van der Waals surface area contributed by atoms with Gasteiger partial charge in [0.15, 0.2) is 0 Å². The van der Waals surface area contributed by atoms with Crippen LogP contribution in [0.15, 0.2) is 96.4 Å². The topological polar surface area (TPSA) is 21.3 Å². The lowest BCUT2D eigenvalue weighted by Crippen LogP contribution is -2.16. The Balaban J connectivity index is 0.000000271. The van der Waals surface area contributed by atoms with Crippen LogP contribution in [0, 0.1) is 11.8 Å². The van der Waals surface area contributed by atoms with Crippen LogP contribution < -0.4 is 10.1 Å². The zero-order valence-electron chi connectivity index (χ0n) is 21.9. The van der Waals surface area contributed by atoms with E-state index in [0.29, 0.717) is 5.56 Å². The van der Waals surface area contributed by atoms with Crippen molar-refractivity contribution in [2.45, 2.75) is 44.9 Å². The third-order valence-corrected chi connectivity index (χ3v) is 7.59. The smallest absolute Gasteiger partial charge is 0.406 e. The van der Waals surface area contributed by atoms with E-state index >= 15 is 0 Å². The maximum absolute atomic E-state index is 12.3. The lowest BCUT2D eigenvalue weighted by Gasteiger charge is -2.26. The summed E-state index contributed by atoms with van der Waals surface area (Å²) in [5.74, 6) is 6.06. The number of halogens is 3. The third-order valence-electron chi connectivity index (χ3n) is 7.59. The molecule has 0 fully saturated rings. The highest BCUT2D eigenvalue weighted by molar-refractivity contribution is 5.79. The van der Waals surface area contributed by atoms with Gasteiger partial charge in [-0.05, 0) is 120 Å². The molecule has 3 aliphatic carbocycles. The predicted molar refractivity (Wildman–Crippen MR) is 153 cm³/mol. The summed E-state index contributed by atoms with van der Waals surface area (Å²) in [5.41, 5.74) is 12.4. The molecule has 2 aliphatic heterocycles. The lowest BCUT2D eigenvalue weighted by molar-refractivity contribution is -0.274. The van der Waals surface area contributed by atoms with Gasteiger partial charge in [0.25, 0.3) is 0 Å². The first kappa shape index (κ1) is 25.8. The summed E-state index contributed by atoms with van der Waals surface area (Å²) in [6.07, 6.45) is 14.8. The van der Waals surface area contributed by atoms with Crippen molar-refractivity contribution < 1.29 is 17.9 Å². The molecule has 1 N–H and O–H groups in total. The molecule has 5 aliphatic rings. The van der Waals surface area contributed by atoms with E-state index in [9.17, 15) is 13.2 Å². The second-order valence-corrected chi connectivity index (χ2v) is 10.2. The van der Waals surface area contributed by atoms with E-state index in [1.165, 1.54) is 69.6 Å². The van der Waals surface area contributed by atoms with Crippen molar-refractivity contribution in [2.75, 3.05) is 0 Å². The molecule has 2 heterocycles. The Morgan fingerprint density at radius 3 is 2.35 bits per heavy atom. The molecule has 0 aromatic heterocycles. The second kappa shape index (κ2) is 11.0. The van der Waals surface area contributed by atoms with E-state index in [-0.39, 0.29) is 5.75 Å². The van der Waals surface area contributed by atoms with Crippen molar-refractivity contribution in [1.29, 1.82) is 0 Å². The van der Waals surface area contributed by atoms with Gasteiger partial charge in [-0.2, -0.15) is 0 Å². The van der Waals surface area contributed by atoms with E-state index in [2.05, 4.69) is 70.5 Å². The molecule has 2 bridgehead atoms. The van der Waals surface area contributed by atoms with Crippen molar-refractivity contribution in [2.24, 2.45) is 0 Å². The molecule has 8 rings (SSSR count). The number of hydrogen-bond acceptors (Lipinski definition) is 2. The van der Waals surface area contributed by atoms with Crippen molar-refractivity contribution in [3.63, 3.8) is 0 Å². The molecule has 5 heteroatoms. The molecule has 40 heavy (non-hydrogen) atoms. The van der Waals surface area contributed by atoms with Gasteiger partial charge in [-0.3, -0.25) is 0 Å². The minimum atomic E-state index is -4.69. The number of rotatable bonds is 1. The number of fused-ring (bicyclic) bond motifs is 8. The standard InChI is InChI=1S/C27H19F3O.C8H9N/c28-27(29,30)31-21-13-9-18(10-14-21)8-11-20-5-3-7-24-23(20)16-17-25-22-6-2-1-4-19(22)12-15-26(24)25;1-3-8-4-2-7(1)5-6-9-8/h1,3-5,7,9-10,12-15H,2,6,16-17H2;1,3,5-6,9H,2,4H2. The SMILES string of the molecule is C1=CC2=CC=C(CC2)N1.FC(F)(F)Oc1ccc(C#Cc2cccc3c2CCc2c-3ccc3c2CCC=C3)cc1. The first-order chi connectivity index (χ1) is 19.4. The van der Waals surface area contributed by atoms with Gasteiger partial charge in [0.2, 0.25) is 0 Å². The van der Waals surface area contributed by atoms with Gasteiger partial charge >= 0.3 is 6.36 Å². The first-order valence-electron chi connectivity index (χ1n) is 13.6. The fourth-order valence-corrected chi connectivity index (χ4v) is 5.66. The van der Waals surface area contributed by atoms with E-state index in [1.807, 2.05) is 18.3 Å². The highest BCUT2D eigenvalue weighted by atomic mass is 19.4. The normalized spacial score (nSPS) is 15.9. The Morgan fingerprint density at radius 2 is 1.55 bits per heavy atom. The largest absolute Gasteiger partial charge is 0.573 e. The molecular formula is C35H28F3NO. The molecule has 3 aromatic rings. The molecule has 2 nitrogen and oxygen atoms in total. The number of benzene rings is 3. The van der Waals surface area contributed by atoms with Crippen LogP contribution in [0.25, 0.3) is 17.2 Å². The molecule has 0 saturated heterocycles. The van der Waals surface area contributed by atoms with Crippen LogP contribution in [0.4, 0.5) is 13.2 Å². The average Bonchev–Trinajstić information content (AvgIpc) is 3.34. The maximum atomic E-state index is 12.3. The van der Waals surface area contributed by atoms with Crippen LogP contribution in [0.3, 0.4) is 0 Å². The highest BCUT2D eigenvalue weighted by Gasteiger charge is 2.31. The Hall–Kier alpha value is -4.43. The van der Waals surface area contributed by atoms with Crippen LogP contribution >= 0.6 is 0 Å². The van der Waals surface area contributed by atoms with Crippen molar-refractivity contribution in [3.05, 3.63) is 130 Å². The average molecular weight is 536 g/mol. The lowest BCUT2D eigenvalue weighted by atomic mass is 9.78. The van der Waals surface area contributed by atoms with Gasteiger partial charge in [0, 0.05) is 23.0 Å². The van der Waals surface area contributed by atoms with E-state index in [4.69, 9.17) is 0 Å². The van der Waals surface area contributed by atoms with Gasteiger partial charge in [0.1, 0.15) is 5.75 Å². The molecule has 0 atom stereocenters. The van der Waals surface area contributed by atoms with E-state index in [0.717, 1.165) is 31.2 Å². The van der Waals surface area contributed by atoms with Crippen molar-refractivity contribution >= 4 is 6.08 Å². The fourth-order valence-electron chi connectivity index (χ4n) is 5.66. The van der Waals surface area contributed by atoms with Crippen LogP contribution in [0.1, 0.15) is 52.6 Å². The van der Waals surface area contributed by atoms with Crippen LogP contribution in [0.5, 0.6) is 5.75 Å². The number of allylic oxidation sites excluding steroid dienone is 6. The molecule has 0 radical (unpaired) electrons. The molecule has 0 amide bonds. The molecule has 0 spiro atoms. The summed E-state index contributed by atoms with van der Waals surface area (Å²) in [7, 11) is 0. The number of alkyl halides is 3. The minimum absolute atomic E-state index is 0.245. The Kier molecular flexibility index (Phi) is 7.09.